The zero-order valence-electron chi connectivity index (χ0n) is 17.8. The van der Waals surface area contributed by atoms with Gasteiger partial charge in [-0.1, -0.05) is 6.07 Å². The summed E-state index contributed by atoms with van der Waals surface area (Å²) in [6, 6.07) is 11.0. The fraction of sp³-hybridized carbons (Fsp3) is 0.348. The molecule has 1 atom stereocenters. The molecule has 0 saturated carbocycles. The summed E-state index contributed by atoms with van der Waals surface area (Å²) in [5.41, 5.74) is -2.08. The molecule has 0 bridgehead atoms. The first-order valence-electron chi connectivity index (χ1n) is 10.0. The van der Waals surface area contributed by atoms with Gasteiger partial charge in [-0.3, -0.25) is 4.90 Å². The number of aliphatic hydroxyl groups excluding tert-OH is 1. The van der Waals surface area contributed by atoms with Crippen molar-refractivity contribution in [2.75, 3.05) is 9.80 Å². The second kappa shape index (κ2) is 8.97. The molecule has 0 radical (unpaired) electrons. The number of halogens is 4. The van der Waals surface area contributed by atoms with Crippen molar-refractivity contribution in [1.29, 1.82) is 10.5 Å². The van der Waals surface area contributed by atoms with Crippen molar-refractivity contribution < 1.29 is 22.7 Å². The fourth-order valence-electron chi connectivity index (χ4n) is 3.84. The third-order valence-corrected chi connectivity index (χ3v) is 5.97. The van der Waals surface area contributed by atoms with Crippen molar-refractivity contribution in [3.63, 3.8) is 0 Å². The van der Waals surface area contributed by atoms with Crippen LogP contribution in [0.3, 0.4) is 0 Å². The van der Waals surface area contributed by atoms with Gasteiger partial charge >= 0.3 is 6.18 Å². The molecule has 1 aliphatic heterocycles. The molecule has 0 aromatic heterocycles. The Morgan fingerprint density at radius 1 is 1.12 bits per heavy atom. The average Bonchev–Trinajstić information content (AvgIpc) is 2.92. The molecule has 1 heterocycles. The molecule has 1 aliphatic rings. The molecular weight excluding hydrogens is 456 g/mol. The highest BCUT2D eigenvalue weighted by atomic mass is 32.1. The standard InChI is InChI=1S/C23H20F4N4OS/c1-22(2)20(32)30(16-8-7-15(13-29)18(11-16)23(25,26)27)21(33)31(22)17-9-6-14(19(24)12-17)5-3-4-10-28/h6-9,11-12,20,32H,3-5H2,1-2H3. The highest BCUT2D eigenvalue weighted by Crippen LogP contribution is 2.41. The van der Waals surface area contributed by atoms with E-state index >= 15 is 0 Å². The van der Waals surface area contributed by atoms with Gasteiger partial charge in [-0.15, -0.1) is 0 Å². The van der Waals surface area contributed by atoms with E-state index in [2.05, 4.69) is 0 Å². The topological polar surface area (TPSA) is 74.3 Å². The van der Waals surface area contributed by atoms with Crippen LogP contribution in [0.25, 0.3) is 0 Å². The molecule has 2 aromatic carbocycles. The summed E-state index contributed by atoms with van der Waals surface area (Å²) in [4.78, 5) is 2.64. The molecule has 1 N–H and O–H groups in total. The molecular formula is C23H20F4N4OS. The van der Waals surface area contributed by atoms with E-state index in [9.17, 15) is 22.7 Å². The zero-order chi connectivity index (χ0) is 24.6. The van der Waals surface area contributed by atoms with Crippen LogP contribution in [0.1, 0.15) is 43.4 Å². The van der Waals surface area contributed by atoms with E-state index in [1.807, 2.05) is 6.07 Å². The van der Waals surface area contributed by atoms with E-state index in [0.717, 1.165) is 17.0 Å². The van der Waals surface area contributed by atoms with E-state index in [1.54, 1.807) is 26.0 Å². The predicted octanol–water partition coefficient (Wildman–Crippen LogP) is 5.27. The van der Waals surface area contributed by atoms with Gasteiger partial charge < -0.3 is 10.0 Å². The summed E-state index contributed by atoms with van der Waals surface area (Å²) in [6.07, 6.45) is -4.93. The van der Waals surface area contributed by atoms with Crippen LogP contribution in [0.2, 0.25) is 0 Å². The van der Waals surface area contributed by atoms with Crippen LogP contribution in [-0.2, 0) is 12.6 Å². The lowest BCUT2D eigenvalue weighted by Gasteiger charge is -2.33. The number of aliphatic hydroxyl groups is 1. The van der Waals surface area contributed by atoms with Gasteiger partial charge in [-0.05, 0) is 74.8 Å². The van der Waals surface area contributed by atoms with Gasteiger partial charge in [0.15, 0.2) is 11.3 Å². The van der Waals surface area contributed by atoms with Gasteiger partial charge in [0.25, 0.3) is 0 Å². The normalized spacial score (nSPS) is 17.7. The minimum absolute atomic E-state index is 0.0121. The minimum Gasteiger partial charge on any atom is -0.371 e. The Bertz CT molecular complexity index is 1170. The van der Waals surface area contributed by atoms with Gasteiger partial charge in [0, 0.05) is 17.8 Å². The van der Waals surface area contributed by atoms with Gasteiger partial charge in [0.2, 0.25) is 0 Å². The number of thiocarbonyl (C=S) groups is 1. The molecule has 172 valence electrons. The molecule has 33 heavy (non-hydrogen) atoms. The van der Waals surface area contributed by atoms with Gasteiger partial charge in [-0.2, -0.15) is 23.7 Å². The van der Waals surface area contributed by atoms with Crippen LogP contribution < -0.4 is 9.80 Å². The molecule has 1 unspecified atom stereocenters. The first kappa shape index (κ1) is 24.4. The molecule has 1 fully saturated rings. The zero-order valence-corrected chi connectivity index (χ0v) is 18.6. The number of rotatable bonds is 5. The van der Waals surface area contributed by atoms with Crippen LogP contribution in [0, 0.1) is 28.5 Å². The maximum atomic E-state index is 14.7. The van der Waals surface area contributed by atoms with Gasteiger partial charge in [-0.25, -0.2) is 4.39 Å². The highest BCUT2D eigenvalue weighted by Gasteiger charge is 2.50. The minimum atomic E-state index is -4.77. The summed E-state index contributed by atoms with van der Waals surface area (Å²) >= 11 is 5.50. The lowest BCUT2D eigenvalue weighted by atomic mass is 10.00. The Morgan fingerprint density at radius 2 is 1.79 bits per heavy atom. The number of anilines is 2. The average molecular weight is 476 g/mol. The lowest BCUT2D eigenvalue weighted by molar-refractivity contribution is -0.137. The molecule has 0 amide bonds. The number of benzene rings is 2. The number of alkyl halides is 3. The second-order valence-corrected chi connectivity index (χ2v) is 8.51. The summed E-state index contributed by atoms with van der Waals surface area (Å²) in [5.74, 6) is -0.505. The van der Waals surface area contributed by atoms with Crippen LogP contribution in [0.5, 0.6) is 0 Å². The largest absolute Gasteiger partial charge is 0.417 e. The summed E-state index contributed by atoms with van der Waals surface area (Å²) in [7, 11) is 0. The van der Waals surface area contributed by atoms with E-state index in [1.165, 1.54) is 23.1 Å². The Morgan fingerprint density at radius 3 is 2.36 bits per heavy atom. The van der Waals surface area contributed by atoms with Crippen molar-refractivity contribution in [3.8, 4) is 12.1 Å². The van der Waals surface area contributed by atoms with E-state index in [4.69, 9.17) is 22.7 Å². The monoisotopic (exact) mass is 476 g/mol. The maximum Gasteiger partial charge on any atom is 0.417 e. The fourth-order valence-corrected chi connectivity index (χ4v) is 4.38. The van der Waals surface area contributed by atoms with E-state index in [0.29, 0.717) is 30.5 Å². The summed E-state index contributed by atoms with van der Waals surface area (Å²) in [5, 5.41) is 28.7. The molecule has 5 nitrogen and oxygen atoms in total. The lowest BCUT2D eigenvalue weighted by Crippen LogP contribution is -2.47. The summed E-state index contributed by atoms with van der Waals surface area (Å²) in [6.45, 7) is 3.27. The number of nitriles is 2. The maximum absolute atomic E-state index is 14.7. The molecule has 2 aromatic rings. The molecule has 0 aliphatic carbocycles. The second-order valence-electron chi connectivity index (χ2n) is 8.14. The van der Waals surface area contributed by atoms with Crippen molar-refractivity contribution >= 4 is 28.7 Å². The van der Waals surface area contributed by atoms with Crippen LogP contribution in [0.4, 0.5) is 28.9 Å². The van der Waals surface area contributed by atoms with Crippen molar-refractivity contribution in [1.82, 2.24) is 0 Å². The number of unbranched alkanes of at least 4 members (excludes halogenated alkanes) is 1. The van der Waals surface area contributed by atoms with Crippen molar-refractivity contribution in [2.45, 2.75) is 51.1 Å². The Balaban J connectivity index is 2.01. The molecule has 1 saturated heterocycles. The molecule has 0 spiro atoms. The number of aryl methyl sites for hydroxylation is 1. The third kappa shape index (κ3) is 4.50. The Kier molecular flexibility index (Phi) is 6.64. The highest BCUT2D eigenvalue weighted by molar-refractivity contribution is 7.80. The van der Waals surface area contributed by atoms with E-state index in [-0.39, 0.29) is 10.8 Å². The van der Waals surface area contributed by atoms with Crippen LogP contribution in [0.15, 0.2) is 36.4 Å². The smallest absolute Gasteiger partial charge is 0.371 e. The van der Waals surface area contributed by atoms with Crippen molar-refractivity contribution in [2.24, 2.45) is 0 Å². The number of hydrogen-bond donors (Lipinski definition) is 1. The van der Waals surface area contributed by atoms with Gasteiger partial charge in [0.05, 0.1) is 28.8 Å². The first-order chi connectivity index (χ1) is 15.4. The predicted molar refractivity (Wildman–Crippen MR) is 119 cm³/mol. The summed E-state index contributed by atoms with van der Waals surface area (Å²) < 4.78 is 55.1. The van der Waals surface area contributed by atoms with Crippen molar-refractivity contribution in [3.05, 3.63) is 58.9 Å². The number of hydrogen-bond acceptors (Lipinski definition) is 4. The Hall–Kier alpha value is -3.21. The van der Waals surface area contributed by atoms with Crippen LogP contribution >= 0.6 is 12.2 Å². The quantitative estimate of drug-likeness (QED) is 0.360. The SMILES string of the molecule is CC1(C)C(O)N(c2ccc(C#N)c(C(F)(F)F)c2)C(=S)N1c1ccc(CCCC#N)c(F)c1. The first-order valence-corrected chi connectivity index (χ1v) is 10.4. The molecule has 3 rings (SSSR count). The van der Waals surface area contributed by atoms with Crippen LogP contribution in [-0.4, -0.2) is 22.0 Å². The van der Waals surface area contributed by atoms with Gasteiger partial charge in [0.1, 0.15) is 5.82 Å². The molecule has 10 heteroatoms. The third-order valence-electron chi connectivity index (χ3n) is 5.59. The van der Waals surface area contributed by atoms with E-state index < -0.39 is 34.9 Å². The Labute approximate surface area is 194 Å². The number of nitrogens with zero attached hydrogens (tertiary/aromatic N) is 4.